The Balaban J connectivity index is 1.70. The first-order valence-electron chi connectivity index (χ1n) is 10.0. The summed E-state index contributed by atoms with van der Waals surface area (Å²) in [6, 6.07) is 15.8. The number of anilines is 3. The minimum absolute atomic E-state index is 0.0643. The standard InChI is InChI=1S/C25H23F5N2O/c1-16-10-19(24(3,26)27)14-21(12-16)32-22-13-17(2)11-20(15-22)31-9-8-18-4-6-23(7-5-18)33-25(28,29)30/h4-15,31-32H,1-3H3/b9-8+. The first-order chi connectivity index (χ1) is 15.4. The molecular formula is C25H23F5N2O. The van der Waals surface area contributed by atoms with Gasteiger partial charge in [0.25, 0.3) is 5.92 Å². The molecule has 0 amide bonds. The Labute approximate surface area is 188 Å². The highest BCUT2D eigenvalue weighted by atomic mass is 19.4. The Bertz CT molecular complexity index is 1130. The van der Waals surface area contributed by atoms with Crippen LogP contribution in [-0.2, 0) is 5.92 Å². The fourth-order valence-electron chi connectivity index (χ4n) is 3.23. The molecule has 0 bridgehead atoms. The largest absolute Gasteiger partial charge is 0.573 e. The maximum absolute atomic E-state index is 13.8. The molecule has 3 nitrogen and oxygen atoms in total. The molecule has 0 unspecified atom stereocenters. The van der Waals surface area contributed by atoms with Gasteiger partial charge in [0.15, 0.2) is 0 Å². The van der Waals surface area contributed by atoms with Crippen molar-refractivity contribution in [2.75, 3.05) is 10.6 Å². The van der Waals surface area contributed by atoms with E-state index in [-0.39, 0.29) is 11.3 Å². The molecule has 0 aromatic heterocycles. The number of aryl methyl sites for hydroxylation is 2. The van der Waals surface area contributed by atoms with Gasteiger partial charge >= 0.3 is 6.36 Å². The molecule has 3 aromatic rings. The van der Waals surface area contributed by atoms with Gasteiger partial charge in [-0.3, -0.25) is 0 Å². The lowest BCUT2D eigenvalue weighted by Gasteiger charge is -2.15. The molecule has 174 valence electrons. The summed E-state index contributed by atoms with van der Waals surface area (Å²) in [6.07, 6.45) is -1.38. The van der Waals surface area contributed by atoms with E-state index in [9.17, 15) is 22.0 Å². The molecule has 0 heterocycles. The van der Waals surface area contributed by atoms with Gasteiger partial charge < -0.3 is 15.4 Å². The maximum atomic E-state index is 13.8. The van der Waals surface area contributed by atoms with Crippen LogP contribution in [0.3, 0.4) is 0 Å². The van der Waals surface area contributed by atoms with Gasteiger partial charge in [-0.2, -0.15) is 0 Å². The molecule has 0 aliphatic heterocycles. The minimum Gasteiger partial charge on any atom is -0.406 e. The van der Waals surface area contributed by atoms with E-state index >= 15 is 0 Å². The van der Waals surface area contributed by atoms with Crippen LogP contribution < -0.4 is 15.4 Å². The lowest BCUT2D eigenvalue weighted by atomic mass is 10.1. The van der Waals surface area contributed by atoms with Gasteiger partial charge in [-0.25, -0.2) is 8.78 Å². The van der Waals surface area contributed by atoms with Crippen LogP contribution in [0.1, 0.15) is 29.2 Å². The number of hydrogen-bond donors (Lipinski definition) is 2. The van der Waals surface area contributed by atoms with E-state index in [2.05, 4.69) is 15.4 Å². The molecule has 0 saturated heterocycles. The van der Waals surface area contributed by atoms with Crippen LogP contribution in [0.25, 0.3) is 6.08 Å². The molecule has 0 fully saturated rings. The molecule has 3 rings (SSSR count). The average molecular weight is 462 g/mol. The molecule has 8 heteroatoms. The second-order valence-electron chi connectivity index (χ2n) is 7.78. The Hall–Kier alpha value is -3.55. The highest BCUT2D eigenvalue weighted by Gasteiger charge is 2.30. The van der Waals surface area contributed by atoms with Crippen LogP contribution in [0, 0.1) is 13.8 Å². The van der Waals surface area contributed by atoms with Crippen molar-refractivity contribution in [2.45, 2.75) is 33.1 Å². The van der Waals surface area contributed by atoms with Crippen LogP contribution in [0.15, 0.2) is 66.9 Å². The maximum Gasteiger partial charge on any atom is 0.573 e. The van der Waals surface area contributed by atoms with Crippen molar-refractivity contribution in [3.63, 3.8) is 0 Å². The van der Waals surface area contributed by atoms with E-state index < -0.39 is 12.3 Å². The quantitative estimate of drug-likeness (QED) is 0.348. The zero-order chi connectivity index (χ0) is 24.2. The van der Waals surface area contributed by atoms with E-state index in [0.29, 0.717) is 11.3 Å². The highest BCUT2D eigenvalue weighted by molar-refractivity contribution is 5.68. The molecular weight excluding hydrogens is 439 g/mol. The van der Waals surface area contributed by atoms with Gasteiger partial charge in [0.2, 0.25) is 0 Å². The summed E-state index contributed by atoms with van der Waals surface area (Å²) >= 11 is 0. The Morgan fingerprint density at radius 2 is 1.33 bits per heavy atom. The van der Waals surface area contributed by atoms with Gasteiger partial charge in [-0.15, -0.1) is 13.2 Å². The van der Waals surface area contributed by atoms with Gasteiger partial charge in [-0.1, -0.05) is 12.1 Å². The summed E-state index contributed by atoms with van der Waals surface area (Å²) < 4.78 is 68.1. The molecule has 3 aromatic carbocycles. The van der Waals surface area contributed by atoms with Crippen molar-refractivity contribution in [2.24, 2.45) is 0 Å². The summed E-state index contributed by atoms with van der Waals surface area (Å²) in [4.78, 5) is 0. The first kappa shape index (κ1) is 24.1. The number of alkyl halides is 5. The number of rotatable bonds is 7. The summed E-state index contributed by atoms with van der Waals surface area (Å²) in [6.45, 7) is 4.53. The second kappa shape index (κ2) is 9.52. The van der Waals surface area contributed by atoms with Crippen LogP contribution in [-0.4, -0.2) is 6.36 Å². The lowest BCUT2D eigenvalue weighted by molar-refractivity contribution is -0.274. The van der Waals surface area contributed by atoms with Crippen LogP contribution >= 0.6 is 0 Å². The number of hydrogen-bond acceptors (Lipinski definition) is 3. The molecule has 33 heavy (non-hydrogen) atoms. The number of halogens is 5. The molecule has 0 aliphatic carbocycles. The van der Waals surface area contributed by atoms with E-state index in [0.717, 1.165) is 29.4 Å². The monoisotopic (exact) mass is 462 g/mol. The zero-order valence-corrected chi connectivity index (χ0v) is 18.2. The third-order valence-corrected chi connectivity index (χ3v) is 4.59. The average Bonchev–Trinajstić information content (AvgIpc) is 2.66. The normalized spacial score (nSPS) is 12.1. The number of ether oxygens (including phenoxy) is 1. The van der Waals surface area contributed by atoms with Crippen molar-refractivity contribution in [1.82, 2.24) is 0 Å². The molecule has 0 saturated carbocycles. The van der Waals surface area contributed by atoms with Crippen molar-refractivity contribution in [1.29, 1.82) is 0 Å². The van der Waals surface area contributed by atoms with Gasteiger partial charge in [0, 0.05) is 35.7 Å². The predicted octanol–water partition coefficient (Wildman–Crippen LogP) is 8.14. The van der Waals surface area contributed by atoms with Crippen molar-refractivity contribution >= 4 is 23.1 Å². The predicted molar refractivity (Wildman–Crippen MR) is 121 cm³/mol. The topological polar surface area (TPSA) is 33.3 Å². The van der Waals surface area contributed by atoms with Crippen LogP contribution in [0.5, 0.6) is 5.75 Å². The molecule has 0 radical (unpaired) electrons. The van der Waals surface area contributed by atoms with Crippen molar-refractivity contribution in [3.8, 4) is 5.75 Å². The summed E-state index contributed by atoms with van der Waals surface area (Å²) in [7, 11) is 0. The molecule has 0 atom stereocenters. The van der Waals surface area contributed by atoms with E-state index in [4.69, 9.17) is 0 Å². The Morgan fingerprint density at radius 1 is 0.758 bits per heavy atom. The van der Waals surface area contributed by atoms with E-state index in [1.807, 2.05) is 25.1 Å². The Kier molecular flexibility index (Phi) is 6.95. The van der Waals surface area contributed by atoms with Gasteiger partial charge in [0.05, 0.1) is 0 Å². The molecule has 0 aliphatic rings. The van der Waals surface area contributed by atoms with Crippen LogP contribution in [0.2, 0.25) is 0 Å². The van der Waals surface area contributed by atoms with E-state index in [1.54, 1.807) is 25.3 Å². The zero-order valence-electron chi connectivity index (χ0n) is 18.2. The Morgan fingerprint density at radius 3 is 1.94 bits per heavy atom. The SMILES string of the molecule is Cc1cc(N/C=C/c2ccc(OC(F)(F)F)cc2)cc(Nc2cc(C)cc(C(C)(F)F)c2)c1. The third kappa shape index (κ3) is 7.52. The van der Waals surface area contributed by atoms with Crippen LogP contribution in [0.4, 0.5) is 39.0 Å². The summed E-state index contributed by atoms with van der Waals surface area (Å²) in [5.74, 6) is -3.23. The van der Waals surface area contributed by atoms with Gasteiger partial charge in [0.1, 0.15) is 5.75 Å². The van der Waals surface area contributed by atoms with E-state index in [1.165, 1.54) is 36.4 Å². The fourth-order valence-corrected chi connectivity index (χ4v) is 3.23. The summed E-state index contributed by atoms with van der Waals surface area (Å²) in [5, 5.41) is 6.28. The number of benzene rings is 3. The number of nitrogens with one attached hydrogen (secondary N) is 2. The second-order valence-corrected chi connectivity index (χ2v) is 7.78. The molecule has 0 spiro atoms. The molecule has 2 N–H and O–H groups in total. The first-order valence-corrected chi connectivity index (χ1v) is 10.0. The lowest BCUT2D eigenvalue weighted by Crippen LogP contribution is -2.16. The fraction of sp³-hybridized carbons (Fsp3) is 0.200. The summed E-state index contributed by atoms with van der Waals surface area (Å²) in [5.41, 5.74) is 4.30. The van der Waals surface area contributed by atoms with Gasteiger partial charge in [-0.05, 0) is 85.1 Å². The third-order valence-electron chi connectivity index (χ3n) is 4.59. The smallest absolute Gasteiger partial charge is 0.406 e. The minimum atomic E-state index is -4.73. The van der Waals surface area contributed by atoms with Crippen molar-refractivity contribution in [3.05, 3.63) is 89.1 Å². The highest BCUT2D eigenvalue weighted by Crippen LogP contribution is 2.31. The van der Waals surface area contributed by atoms with Crippen molar-refractivity contribution < 1.29 is 26.7 Å².